The Hall–Kier alpha value is 0.310. The number of hydrogen-bond acceptors (Lipinski definition) is 3. The summed E-state index contributed by atoms with van der Waals surface area (Å²) in [5, 5.41) is 6.83. The van der Waals surface area contributed by atoms with E-state index in [0.29, 0.717) is 5.92 Å². The normalized spacial score (nSPS) is 17.4. The van der Waals surface area contributed by atoms with Gasteiger partial charge in [0, 0.05) is 26.7 Å². The van der Waals surface area contributed by atoms with E-state index in [2.05, 4.69) is 33.7 Å². The van der Waals surface area contributed by atoms with Gasteiger partial charge in [-0.3, -0.25) is 4.99 Å². The van der Waals surface area contributed by atoms with Gasteiger partial charge in [0.25, 0.3) is 0 Å². The zero-order chi connectivity index (χ0) is 14.6. The predicted molar refractivity (Wildman–Crippen MR) is 107 cm³/mol. The first kappa shape index (κ1) is 21.3. The molecule has 0 spiro atoms. The molecule has 1 unspecified atom stereocenters. The van der Waals surface area contributed by atoms with E-state index in [4.69, 9.17) is 0 Å². The van der Waals surface area contributed by atoms with E-state index in [1.54, 1.807) is 0 Å². The standard InChI is InChI=1S/C15H32N4S.HI/c1-14(13-19-9-5-6-10-19)12-18-15(16-2)17-8-4-7-11-20-3;/h14H,4-13H2,1-3H3,(H2,16,17,18);1H. The third-order valence-corrected chi connectivity index (χ3v) is 4.37. The van der Waals surface area contributed by atoms with E-state index < -0.39 is 0 Å². The van der Waals surface area contributed by atoms with Crippen molar-refractivity contribution in [1.82, 2.24) is 15.5 Å². The number of aliphatic imine (C=N–C) groups is 1. The summed E-state index contributed by atoms with van der Waals surface area (Å²) in [6.07, 6.45) is 7.40. The molecular weight excluding hydrogens is 395 g/mol. The Morgan fingerprint density at radius 1 is 1.24 bits per heavy atom. The average molecular weight is 428 g/mol. The van der Waals surface area contributed by atoms with Crippen LogP contribution in [0.1, 0.15) is 32.6 Å². The average Bonchev–Trinajstić information content (AvgIpc) is 2.94. The van der Waals surface area contributed by atoms with Crippen LogP contribution in [0.2, 0.25) is 0 Å². The predicted octanol–water partition coefficient (Wildman–Crippen LogP) is 2.64. The molecule has 0 saturated carbocycles. The minimum Gasteiger partial charge on any atom is -0.356 e. The lowest BCUT2D eigenvalue weighted by Gasteiger charge is -2.21. The van der Waals surface area contributed by atoms with Crippen LogP contribution in [0.3, 0.4) is 0 Å². The Balaban J connectivity index is 0.00000400. The zero-order valence-corrected chi connectivity index (χ0v) is 17.0. The third-order valence-electron chi connectivity index (χ3n) is 3.68. The van der Waals surface area contributed by atoms with Crippen molar-refractivity contribution in [3.8, 4) is 0 Å². The number of guanidine groups is 1. The second-order valence-electron chi connectivity index (χ2n) is 5.69. The number of thioether (sulfide) groups is 1. The maximum atomic E-state index is 4.29. The van der Waals surface area contributed by atoms with Crippen molar-refractivity contribution in [1.29, 1.82) is 0 Å². The summed E-state index contributed by atoms with van der Waals surface area (Å²) in [6.45, 7) is 8.11. The van der Waals surface area contributed by atoms with Crippen molar-refractivity contribution >= 4 is 41.7 Å². The summed E-state index contributed by atoms with van der Waals surface area (Å²) in [6, 6.07) is 0. The highest BCUT2D eigenvalue weighted by molar-refractivity contribution is 14.0. The third kappa shape index (κ3) is 10.6. The van der Waals surface area contributed by atoms with Crippen LogP contribution in [0.4, 0.5) is 0 Å². The number of nitrogens with one attached hydrogen (secondary N) is 2. The molecule has 0 amide bonds. The fourth-order valence-electron chi connectivity index (χ4n) is 2.54. The molecule has 0 aromatic rings. The SMILES string of the molecule is CN=C(NCCCCSC)NCC(C)CN1CCCC1.I. The molecule has 1 rings (SSSR count). The van der Waals surface area contributed by atoms with Crippen LogP contribution in [0, 0.1) is 5.92 Å². The van der Waals surface area contributed by atoms with Crippen LogP contribution < -0.4 is 10.6 Å². The molecule has 0 radical (unpaired) electrons. The van der Waals surface area contributed by atoms with Crippen LogP contribution in [-0.4, -0.2) is 62.6 Å². The van der Waals surface area contributed by atoms with Gasteiger partial charge in [-0.25, -0.2) is 0 Å². The van der Waals surface area contributed by atoms with E-state index in [1.807, 2.05) is 18.8 Å². The fourth-order valence-corrected chi connectivity index (χ4v) is 3.03. The highest BCUT2D eigenvalue weighted by Gasteiger charge is 2.14. The summed E-state index contributed by atoms with van der Waals surface area (Å²) in [7, 11) is 1.85. The van der Waals surface area contributed by atoms with Gasteiger partial charge in [0.15, 0.2) is 5.96 Å². The number of likely N-dealkylation sites (tertiary alicyclic amines) is 1. The van der Waals surface area contributed by atoms with Crippen molar-refractivity contribution in [3.05, 3.63) is 0 Å². The van der Waals surface area contributed by atoms with Crippen molar-refractivity contribution in [2.24, 2.45) is 10.9 Å². The summed E-state index contributed by atoms with van der Waals surface area (Å²) in [5.41, 5.74) is 0. The van der Waals surface area contributed by atoms with Crippen LogP contribution >= 0.6 is 35.7 Å². The Labute approximate surface area is 152 Å². The van der Waals surface area contributed by atoms with Crippen molar-refractivity contribution in [3.63, 3.8) is 0 Å². The first-order valence-corrected chi connectivity index (χ1v) is 9.31. The van der Waals surface area contributed by atoms with Crippen molar-refractivity contribution < 1.29 is 0 Å². The first-order valence-electron chi connectivity index (χ1n) is 7.92. The highest BCUT2D eigenvalue weighted by atomic mass is 127. The van der Waals surface area contributed by atoms with Gasteiger partial charge in [0.2, 0.25) is 0 Å². The molecule has 1 atom stereocenters. The summed E-state index contributed by atoms with van der Waals surface area (Å²) in [4.78, 5) is 6.86. The van der Waals surface area contributed by atoms with Crippen LogP contribution in [0.25, 0.3) is 0 Å². The van der Waals surface area contributed by atoms with Gasteiger partial charge >= 0.3 is 0 Å². The number of halogens is 1. The quantitative estimate of drug-likeness (QED) is 0.256. The van der Waals surface area contributed by atoms with Gasteiger partial charge in [-0.2, -0.15) is 11.8 Å². The maximum Gasteiger partial charge on any atom is 0.190 e. The van der Waals surface area contributed by atoms with E-state index in [-0.39, 0.29) is 24.0 Å². The Morgan fingerprint density at radius 3 is 2.57 bits per heavy atom. The molecule has 0 aliphatic carbocycles. The number of nitrogens with zero attached hydrogens (tertiary/aromatic N) is 2. The molecule has 1 aliphatic rings. The highest BCUT2D eigenvalue weighted by Crippen LogP contribution is 2.09. The summed E-state index contributed by atoms with van der Waals surface area (Å²) < 4.78 is 0. The number of rotatable bonds is 9. The van der Waals surface area contributed by atoms with Crippen LogP contribution in [0.15, 0.2) is 4.99 Å². The largest absolute Gasteiger partial charge is 0.356 e. The smallest absolute Gasteiger partial charge is 0.190 e. The van der Waals surface area contributed by atoms with Gasteiger partial charge in [-0.15, -0.1) is 24.0 Å². The molecule has 21 heavy (non-hydrogen) atoms. The maximum absolute atomic E-state index is 4.29. The minimum absolute atomic E-state index is 0. The molecule has 1 aliphatic heterocycles. The second kappa shape index (κ2) is 13.9. The van der Waals surface area contributed by atoms with E-state index in [0.717, 1.165) is 19.0 Å². The Morgan fingerprint density at radius 2 is 1.95 bits per heavy atom. The molecule has 0 bridgehead atoms. The van der Waals surface area contributed by atoms with Crippen molar-refractivity contribution in [2.45, 2.75) is 32.6 Å². The fraction of sp³-hybridized carbons (Fsp3) is 0.933. The monoisotopic (exact) mass is 428 g/mol. The second-order valence-corrected chi connectivity index (χ2v) is 6.68. The zero-order valence-electron chi connectivity index (χ0n) is 13.9. The van der Waals surface area contributed by atoms with Gasteiger partial charge in [-0.05, 0) is 56.7 Å². The molecule has 0 aromatic carbocycles. The lowest BCUT2D eigenvalue weighted by Crippen LogP contribution is -2.41. The van der Waals surface area contributed by atoms with Gasteiger partial charge in [0.05, 0.1) is 0 Å². The number of hydrogen-bond donors (Lipinski definition) is 2. The van der Waals surface area contributed by atoms with E-state index in [9.17, 15) is 0 Å². The van der Waals surface area contributed by atoms with Gasteiger partial charge < -0.3 is 15.5 Å². The molecule has 4 nitrogen and oxygen atoms in total. The van der Waals surface area contributed by atoms with Gasteiger partial charge in [0.1, 0.15) is 0 Å². The lowest BCUT2D eigenvalue weighted by molar-refractivity contribution is 0.287. The summed E-state index contributed by atoms with van der Waals surface area (Å²) in [5.74, 6) is 2.87. The molecule has 1 saturated heterocycles. The molecule has 0 aromatic heterocycles. The molecule has 6 heteroatoms. The molecule has 1 fully saturated rings. The topological polar surface area (TPSA) is 39.7 Å². The minimum atomic E-state index is 0. The van der Waals surface area contributed by atoms with E-state index >= 15 is 0 Å². The first-order chi connectivity index (χ1) is 9.76. The Bertz CT molecular complexity index is 270. The van der Waals surface area contributed by atoms with Gasteiger partial charge in [-0.1, -0.05) is 6.92 Å². The molecule has 126 valence electrons. The van der Waals surface area contributed by atoms with Crippen molar-refractivity contribution in [2.75, 3.05) is 51.8 Å². The van der Waals surface area contributed by atoms with Crippen LogP contribution in [0.5, 0.6) is 0 Å². The van der Waals surface area contributed by atoms with E-state index in [1.165, 1.54) is 51.1 Å². The summed E-state index contributed by atoms with van der Waals surface area (Å²) >= 11 is 1.92. The molecular formula is C15H33IN4S. The molecule has 2 N–H and O–H groups in total. The lowest BCUT2D eigenvalue weighted by atomic mass is 10.1. The van der Waals surface area contributed by atoms with Crippen LogP contribution in [-0.2, 0) is 0 Å². The number of unbranched alkanes of at least 4 members (excludes halogenated alkanes) is 1. The molecule has 1 heterocycles. The Kier molecular flexibility index (Phi) is 14.1.